The number of rotatable bonds is 3. The molecule has 4 heteroatoms. The minimum atomic E-state index is -0.934. The van der Waals surface area contributed by atoms with Crippen molar-refractivity contribution in [1.29, 1.82) is 0 Å². The average Bonchev–Trinajstić information content (AvgIpc) is 2.61. The molecule has 0 spiro atoms. The van der Waals surface area contributed by atoms with Gasteiger partial charge in [0, 0.05) is 5.75 Å². The lowest BCUT2D eigenvalue weighted by Gasteiger charge is -2.16. The van der Waals surface area contributed by atoms with E-state index in [1.165, 1.54) is 11.8 Å². The van der Waals surface area contributed by atoms with Crippen LogP contribution in [-0.2, 0) is 20.0 Å². The van der Waals surface area contributed by atoms with Crippen LogP contribution in [0.3, 0.4) is 0 Å². The van der Waals surface area contributed by atoms with E-state index in [4.69, 9.17) is 10.8 Å². The monoisotopic (exact) mass is 253 g/mol. The maximum Gasteiger partial charge on any atom is 0.220 e. The molecule has 0 aliphatic carbocycles. The van der Waals surface area contributed by atoms with E-state index in [1.54, 1.807) is 13.8 Å². The van der Waals surface area contributed by atoms with Gasteiger partial charge in [0.1, 0.15) is 0 Å². The summed E-state index contributed by atoms with van der Waals surface area (Å²) in [6, 6.07) is 9.74. The fourth-order valence-electron chi connectivity index (χ4n) is 1.50. The van der Waals surface area contributed by atoms with Crippen LogP contribution in [-0.4, -0.2) is 23.6 Å². The van der Waals surface area contributed by atoms with E-state index in [9.17, 15) is 4.79 Å². The van der Waals surface area contributed by atoms with Gasteiger partial charge >= 0.3 is 0 Å². The summed E-state index contributed by atoms with van der Waals surface area (Å²) in [6.07, 6.45) is -0.797. The predicted molar refractivity (Wildman–Crippen MR) is 67.6 cm³/mol. The molecule has 2 rings (SSSR count). The first-order valence-corrected chi connectivity index (χ1v) is 6.45. The zero-order valence-corrected chi connectivity index (χ0v) is 10.7. The summed E-state index contributed by atoms with van der Waals surface area (Å²) < 4.78 is 18.4. The van der Waals surface area contributed by atoms with Gasteiger partial charge in [-0.25, -0.2) is 0 Å². The Hall–Kier alpha value is -0.840. The number of thioether (sulfide) groups is 1. The maximum atomic E-state index is 12.0. The fourth-order valence-corrected chi connectivity index (χ4v) is 2.27. The molecule has 1 aliphatic heterocycles. The van der Waals surface area contributed by atoms with E-state index in [-0.39, 0.29) is 5.12 Å². The van der Waals surface area contributed by atoms with E-state index >= 15 is 0 Å². The molecule has 0 saturated carbocycles. The number of ether oxygens (including phenoxy) is 2. The van der Waals surface area contributed by atoms with Crippen LogP contribution >= 0.6 is 11.8 Å². The van der Waals surface area contributed by atoms with Gasteiger partial charge in [0.2, 0.25) is 5.12 Å². The Balaban J connectivity index is 1.89. The van der Waals surface area contributed by atoms with Crippen molar-refractivity contribution >= 4 is 16.9 Å². The second-order valence-corrected chi connectivity index (χ2v) is 5.27. The Morgan fingerprint density at radius 1 is 1.53 bits per heavy atom. The quantitative estimate of drug-likeness (QED) is 0.829. The lowest BCUT2D eigenvalue weighted by molar-refractivity contribution is -0.147. The number of carbonyl (C=O) groups excluding carboxylic acids is 1. The van der Waals surface area contributed by atoms with Crippen LogP contribution < -0.4 is 0 Å². The molecule has 0 amide bonds. The van der Waals surface area contributed by atoms with Crippen molar-refractivity contribution in [3.63, 3.8) is 0 Å². The van der Waals surface area contributed by atoms with Crippen LogP contribution in [0, 0.1) is 0 Å². The molecule has 1 aromatic carbocycles. The van der Waals surface area contributed by atoms with Crippen molar-refractivity contribution in [2.45, 2.75) is 31.5 Å². The van der Waals surface area contributed by atoms with Crippen LogP contribution in [0.25, 0.3) is 0 Å². The molecule has 92 valence electrons. The molecule has 0 aromatic heterocycles. The highest BCUT2D eigenvalue weighted by atomic mass is 32.2. The number of benzene rings is 1. The molecule has 1 heterocycles. The molecule has 1 fully saturated rings. The summed E-state index contributed by atoms with van der Waals surface area (Å²) in [5.41, 5.74) is 1.08. The first kappa shape index (κ1) is 11.3. The second-order valence-electron chi connectivity index (χ2n) is 4.29. The van der Waals surface area contributed by atoms with Gasteiger partial charge in [-0.1, -0.05) is 42.1 Å². The van der Waals surface area contributed by atoms with Crippen LogP contribution in [0.2, 0.25) is 0 Å². The maximum absolute atomic E-state index is 12.0. The van der Waals surface area contributed by atoms with Crippen LogP contribution in [0.1, 0.15) is 20.8 Å². The highest BCUT2D eigenvalue weighted by Gasteiger charge is 2.36. The average molecular weight is 253 g/mol. The summed E-state index contributed by atoms with van der Waals surface area (Å²) in [6.45, 7) is 2.49. The Kier molecular flexibility index (Phi) is 3.45. The topological polar surface area (TPSA) is 35.5 Å². The van der Waals surface area contributed by atoms with Crippen molar-refractivity contribution in [1.82, 2.24) is 0 Å². The summed E-state index contributed by atoms with van der Waals surface area (Å²) >= 11 is 1.17. The van der Waals surface area contributed by atoms with Crippen LogP contribution in [0.5, 0.6) is 0 Å². The first-order valence-electron chi connectivity index (χ1n) is 6.04. The van der Waals surface area contributed by atoms with Crippen molar-refractivity contribution in [2.24, 2.45) is 0 Å². The SMILES string of the molecule is [2H][C@H]1OC(C)(C)O[C@H]1C(=O)SCc1ccccc1. The Bertz CT molecular complexity index is 422. The third-order valence-electron chi connectivity index (χ3n) is 2.34. The lowest BCUT2D eigenvalue weighted by Crippen LogP contribution is -2.25. The molecule has 17 heavy (non-hydrogen) atoms. The molecule has 1 saturated heterocycles. The summed E-state index contributed by atoms with van der Waals surface area (Å²) in [4.78, 5) is 12.0. The molecule has 1 aromatic rings. The highest BCUT2D eigenvalue weighted by Crippen LogP contribution is 2.26. The molecular formula is C13H16O3S. The van der Waals surface area contributed by atoms with Crippen molar-refractivity contribution < 1.29 is 15.6 Å². The zero-order chi connectivity index (χ0) is 13.2. The lowest BCUT2D eigenvalue weighted by atomic mass is 10.2. The summed E-state index contributed by atoms with van der Waals surface area (Å²) in [5.74, 6) is -0.257. The van der Waals surface area contributed by atoms with Gasteiger partial charge in [-0.05, 0) is 19.4 Å². The summed E-state index contributed by atoms with van der Waals surface area (Å²) in [5, 5.41) is -0.149. The van der Waals surface area contributed by atoms with Crippen LogP contribution in [0.15, 0.2) is 30.3 Å². The van der Waals surface area contributed by atoms with E-state index in [2.05, 4.69) is 0 Å². The van der Waals surface area contributed by atoms with Gasteiger partial charge in [-0.3, -0.25) is 4.79 Å². The van der Waals surface area contributed by atoms with Crippen LogP contribution in [0.4, 0.5) is 0 Å². The zero-order valence-electron chi connectivity index (χ0n) is 10.9. The van der Waals surface area contributed by atoms with E-state index < -0.39 is 18.5 Å². The molecule has 0 N–H and O–H groups in total. The smallest absolute Gasteiger partial charge is 0.220 e. The van der Waals surface area contributed by atoms with Crippen molar-refractivity contribution in [3.05, 3.63) is 35.9 Å². The van der Waals surface area contributed by atoms with Gasteiger partial charge < -0.3 is 9.47 Å². The fraction of sp³-hybridized carbons (Fsp3) is 0.462. The second kappa shape index (κ2) is 5.21. The van der Waals surface area contributed by atoms with Crippen molar-refractivity contribution in [2.75, 3.05) is 6.58 Å². The standard InChI is InChI=1S/C13H16O3S/c1-13(2)15-8-11(16-13)12(14)17-9-10-6-4-3-5-7-10/h3-7,11H,8-9H2,1-2H3/t11-/m1/s1/i8D/t8-,11-. The number of hydrogen-bond acceptors (Lipinski definition) is 4. The Morgan fingerprint density at radius 3 is 2.82 bits per heavy atom. The molecule has 2 atom stereocenters. The molecule has 1 aliphatic rings. The van der Waals surface area contributed by atoms with Gasteiger partial charge in [0.15, 0.2) is 11.9 Å². The minimum Gasteiger partial charge on any atom is -0.347 e. The molecule has 0 unspecified atom stereocenters. The Labute approximate surface area is 107 Å². The van der Waals surface area contributed by atoms with Gasteiger partial charge in [-0.2, -0.15) is 0 Å². The minimum absolute atomic E-state index is 0.149. The highest BCUT2D eigenvalue weighted by molar-refractivity contribution is 8.13. The molecule has 0 bridgehead atoms. The third kappa shape index (κ3) is 3.56. The van der Waals surface area contributed by atoms with Crippen molar-refractivity contribution in [3.8, 4) is 0 Å². The number of carbonyl (C=O) groups is 1. The van der Waals surface area contributed by atoms with E-state index in [1.807, 2.05) is 30.3 Å². The molecule has 3 nitrogen and oxygen atoms in total. The molecule has 0 radical (unpaired) electrons. The predicted octanol–water partition coefficient (Wildman–Crippen LogP) is 2.60. The van der Waals surface area contributed by atoms with Gasteiger partial charge in [0.25, 0.3) is 0 Å². The molecular weight excluding hydrogens is 236 g/mol. The Morgan fingerprint density at radius 2 is 2.24 bits per heavy atom. The van der Waals surface area contributed by atoms with Gasteiger partial charge in [0.05, 0.1) is 7.95 Å². The number of hydrogen-bond donors (Lipinski definition) is 0. The third-order valence-corrected chi connectivity index (χ3v) is 3.34. The van der Waals surface area contributed by atoms with E-state index in [0.717, 1.165) is 5.56 Å². The normalized spacial score (nSPS) is 27.8. The van der Waals surface area contributed by atoms with Gasteiger partial charge in [-0.15, -0.1) is 0 Å². The first-order chi connectivity index (χ1) is 8.48. The van der Waals surface area contributed by atoms with E-state index in [0.29, 0.717) is 5.75 Å². The summed E-state index contributed by atoms with van der Waals surface area (Å²) in [7, 11) is 0. The largest absolute Gasteiger partial charge is 0.347 e.